The third-order valence-electron chi connectivity index (χ3n) is 3.44. The first-order valence-corrected chi connectivity index (χ1v) is 7.90. The maximum Gasteiger partial charge on any atom is 0.142 e. The minimum atomic E-state index is 0.751. The summed E-state index contributed by atoms with van der Waals surface area (Å²) in [5.41, 5.74) is 2.47. The van der Waals surface area contributed by atoms with Gasteiger partial charge in [-0.05, 0) is 37.0 Å². The van der Waals surface area contributed by atoms with Gasteiger partial charge in [0, 0.05) is 6.54 Å². The summed E-state index contributed by atoms with van der Waals surface area (Å²) in [4.78, 5) is 0. The molecule has 21 heavy (non-hydrogen) atoms. The highest BCUT2D eigenvalue weighted by Gasteiger charge is 2.02. The summed E-state index contributed by atoms with van der Waals surface area (Å²) in [5.74, 6) is 0.960. The van der Waals surface area contributed by atoms with Crippen molar-refractivity contribution in [2.75, 3.05) is 18.5 Å². The van der Waals surface area contributed by atoms with Crippen LogP contribution in [0, 0.1) is 0 Å². The number of anilines is 1. The molecule has 0 saturated carbocycles. The lowest BCUT2D eigenvalue weighted by molar-refractivity contribution is 0.312. The third-order valence-corrected chi connectivity index (χ3v) is 3.44. The molecule has 0 aliphatic rings. The first-order chi connectivity index (χ1) is 10.4. The number of hydrogen-bond acceptors (Lipinski definition) is 2. The fourth-order valence-corrected chi connectivity index (χ4v) is 2.24. The zero-order chi connectivity index (χ0) is 14.8. The summed E-state index contributed by atoms with van der Waals surface area (Å²) < 4.78 is 5.93. The van der Waals surface area contributed by atoms with Gasteiger partial charge in [0.1, 0.15) is 5.75 Å². The lowest BCUT2D eigenvalue weighted by Crippen LogP contribution is -2.05. The number of aryl methyl sites for hydroxylation is 1. The number of para-hydroxylation sites is 2. The molecule has 2 rings (SSSR count). The van der Waals surface area contributed by atoms with Crippen molar-refractivity contribution in [3.8, 4) is 5.75 Å². The Labute approximate surface area is 128 Å². The fraction of sp³-hybridized carbons (Fsp3) is 0.368. The van der Waals surface area contributed by atoms with Gasteiger partial charge in [-0.1, -0.05) is 55.8 Å². The van der Waals surface area contributed by atoms with E-state index < -0.39 is 0 Å². The van der Waals surface area contributed by atoms with Crippen molar-refractivity contribution in [2.45, 2.75) is 32.6 Å². The molecular formula is C19H25NO. The predicted octanol–water partition coefficient (Wildman–Crippen LogP) is 4.91. The van der Waals surface area contributed by atoms with Crippen molar-refractivity contribution >= 4 is 5.69 Å². The van der Waals surface area contributed by atoms with Crippen molar-refractivity contribution in [3.63, 3.8) is 0 Å². The minimum absolute atomic E-state index is 0.751. The lowest BCUT2D eigenvalue weighted by atomic mass is 10.1. The largest absolute Gasteiger partial charge is 0.491 e. The molecule has 0 spiro atoms. The van der Waals surface area contributed by atoms with Gasteiger partial charge < -0.3 is 10.1 Å². The molecule has 0 unspecified atom stereocenters. The molecule has 0 bridgehead atoms. The predicted molar refractivity (Wildman–Crippen MR) is 90.1 cm³/mol. The molecule has 2 aromatic rings. The van der Waals surface area contributed by atoms with E-state index in [1.807, 2.05) is 18.2 Å². The fourth-order valence-electron chi connectivity index (χ4n) is 2.24. The smallest absolute Gasteiger partial charge is 0.142 e. The number of ether oxygens (including phenoxy) is 1. The van der Waals surface area contributed by atoms with E-state index in [9.17, 15) is 0 Å². The molecule has 0 amide bonds. The standard InChI is InChI=1S/C19H25NO/c1-2-3-15-20-18-13-7-8-14-19(18)21-16-9-12-17-10-5-4-6-11-17/h4-8,10-11,13-14,20H,2-3,9,12,15-16H2,1H3. The van der Waals surface area contributed by atoms with Gasteiger partial charge in [-0.3, -0.25) is 0 Å². The summed E-state index contributed by atoms with van der Waals surface area (Å²) in [6.45, 7) is 3.95. The van der Waals surface area contributed by atoms with Crippen LogP contribution in [0.1, 0.15) is 31.7 Å². The SMILES string of the molecule is CCCCNc1ccccc1OCCCc1ccccc1. The van der Waals surface area contributed by atoms with Gasteiger partial charge in [0.2, 0.25) is 0 Å². The molecule has 0 saturated heterocycles. The normalized spacial score (nSPS) is 10.3. The Hall–Kier alpha value is -1.96. The van der Waals surface area contributed by atoms with Gasteiger partial charge in [-0.15, -0.1) is 0 Å². The molecule has 1 N–H and O–H groups in total. The summed E-state index contributed by atoms with van der Waals surface area (Å²) in [6.07, 6.45) is 4.48. The second-order valence-electron chi connectivity index (χ2n) is 5.21. The first kappa shape index (κ1) is 15.4. The van der Waals surface area contributed by atoms with Crippen LogP contribution in [-0.2, 0) is 6.42 Å². The molecule has 2 nitrogen and oxygen atoms in total. The molecule has 0 atom stereocenters. The van der Waals surface area contributed by atoms with Crippen LogP contribution < -0.4 is 10.1 Å². The quantitative estimate of drug-likeness (QED) is 0.660. The van der Waals surface area contributed by atoms with E-state index in [1.165, 1.54) is 18.4 Å². The average Bonchev–Trinajstić information content (AvgIpc) is 2.54. The van der Waals surface area contributed by atoms with Crippen LogP contribution in [0.4, 0.5) is 5.69 Å². The monoisotopic (exact) mass is 283 g/mol. The third kappa shape index (κ3) is 5.50. The summed E-state index contributed by atoms with van der Waals surface area (Å²) in [6, 6.07) is 18.8. The maximum atomic E-state index is 5.93. The number of rotatable bonds is 9. The topological polar surface area (TPSA) is 21.3 Å². The highest BCUT2D eigenvalue weighted by Crippen LogP contribution is 2.24. The van der Waals surface area contributed by atoms with Gasteiger partial charge >= 0.3 is 0 Å². The van der Waals surface area contributed by atoms with E-state index in [1.54, 1.807) is 0 Å². The maximum absolute atomic E-state index is 5.93. The van der Waals surface area contributed by atoms with Crippen LogP contribution in [-0.4, -0.2) is 13.2 Å². The van der Waals surface area contributed by atoms with Crippen LogP contribution in [0.2, 0.25) is 0 Å². The van der Waals surface area contributed by atoms with Crippen LogP contribution in [0.3, 0.4) is 0 Å². The molecule has 2 heteroatoms. The van der Waals surface area contributed by atoms with Crippen LogP contribution in [0.5, 0.6) is 5.75 Å². The van der Waals surface area contributed by atoms with E-state index in [2.05, 4.69) is 48.6 Å². The minimum Gasteiger partial charge on any atom is -0.491 e. The molecule has 0 aliphatic heterocycles. The van der Waals surface area contributed by atoms with Crippen molar-refractivity contribution in [2.24, 2.45) is 0 Å². The molecule has 0 aliphatic carbocycles. The number of hydrogen-bond donors (Lipinski definition) is 1. The van der Waals surface area contributed by atoms with E-state index in [4.69, 9.17) is 4.74 Å². The molecule has 0 heterocycles. The van der Waals surface area contributed by atoms with Gasteiger partial charge in [0.25, 0.3) is 0 Å². The highest BCUT2D eigenvalue weighted by molar-refractivity contribution is 5.56. The van der Waals surface area contributed by atoms with E-state index in [0.717, 1.165) is 37.4 Å². The zero-order valence-electron chi connectivity index (χ0n) is 12.8. The van der Waals surface area contributed by atoms with Crippen LogP contribution >= 0.6 is 0 Å². The Morgan fingerprint density at radius 2 is 1.67 bits per heavy atom. The Morgan fingerprint density at radius 1 is 0.905 bits per heavy atom. The van der Waals surface area contributed by atoms with Gasteiger partial charge in [-0.2, -0.15) is 0 Å². The van der Waals surface area contributed by atoms with Gasteiger partial charge in [0.05, 0.1) is 12.3 Å². The Balaban J connectivity index is 1.77. The van der Waals surface area contributed by atoms with E-state index in [0.29, 0.717) is 0 Å². The van der Waals surface area contributed by atoms with Crippen LogP contribution in [0.15, 0.2) is 54.6 Å². The summed E-state index contributed by atoms with van der Waals surface area (Å²) in [5, 5.41) is 3.45. The second kappa shape index (κ2) is 9.06. The van der Waals surface area contributed by atoms with Gasteiger partial charge in [-0.25, -0.2) is 0 Å². The number of benzene rings is 2. The highest BCUT2D eigenvalue weighted by atomic mass is 16.5. The molecule has 0 radical (unpaired) electrons. The summed E-state index contributed by atoms with van der Waals surface area (Å²) >= 11 is 0. The molecule has 2 aromatic carbocycles. The van der Waals surface area contributed by atoms with Crippen LogP contribution in [0.25, 0.3) is 0 Å². The average molecular weight is 283 g/mol. The Kier molecular flexibility index (Phi) is 6.66. The molecule has 112 valence electrons. The van der Waals surface area contributed by atoms with E-state index in [-0.39, 0.29) is 0 Å². The second-order valence-corrected chi connectivity index (χ2v) is 5.21. The van der Waals surface area contributed by atoms with Crippen molar-refractivity contribution < 1.29 is 4.74 Å². The molecule has 0 fully saturated rings. The van der Waals surface area contributed by atoms with Crippen molar-refractivity contribution in [1.29, 1.82) is 0 Å². The molecule has 0 aromatic heterocycles. The Morgan fingerprint density at radius 3 is 2.48 bits per heavy atom. The number of unbranched alkanes of at least 4 members (excludes halogenated alkanes) is 1. The Bertz CT molecular complexity index is 510. The van der Waals surface area contributed by atoms with Crippen molar-refractivity contribution in [3.05, 3.63) is 60.2 Å². The van der Waals surface area contributed by atoms with E-state index >= 15 is 0 Å². The first-order valence-electron chi connectivity index (χ1n) is 7.90. The number of nitrogens with one attached hydrogen (secondary N) is 1. The van der Waals surface area contributed by atoms with Crippen molar-refractivity contribution in [1.82, 2.24) is 0 Å². The zero-order valence-corrected chi connectivity index (χ0v) is 12.8. The lowest BCUT2D eigenvalue weighted by Gasteiger charge is -2.13. The summed E-state index contributed by atoms with van der Waals surface area (Å²) in [7, 11) is 0. The van der Waals surface area contributed by atoms with Gasteiger partial charge in [0.15, 0.2) is 0 Å². The molecular weight excluding hydrogens is 258 g/mol.